The van der Waals surface area contributed by atoms with Gasteiger partial charge >= 0.3 is 0 Å². The average Bonchev–Trinajstić information content (AvgIpc) is 3.73. The molecule has 0 saturated heterocycles. The molecule has 2 heterocycles. The molecule has 0 radical (unpaired) electrons. The zero-order valence-corrected chi connectivity index (χ0v) is 30.9. The molecule has 8 aromatic carbocycles. The summed E-state index contributed by atoms with van der Waals surface area (Å²) in [5, 5.41) is 10.0. The van der Waals surface area contributed by atoms with Crippen LogP contribution in [0.3, 0.4) is 0 Å². The maximum Gasteiger partial charge on any atom is 0.0640 e. The van der Waals surface area contributed by atoms with E-state index in [4.69, 9.17) is 0 Å². The van der Waals surface area contributed by atoms with Crippen molar-refractivity contribution in [3.63, 3.8) is 0 Å². The molecule has 1 aliphatic carbocycles. The van der Waals surface area contributed by atoms with Gasteiger partial charge in [-0.3, -0.25) is 0 Å². The minimum absolute atomic E-state index is 0.169. The van der Waals surface area contributed by atoms with Crippen LogP contribution in [0.15, 0.2) is 188 Å². The van der Waals surface area contributed by atoms with Crippen LogP contribution in [-0.4, -0.2) is 10.4 Å². The SMILES string of the molecule is CC1=CC=CC(N(c2ccccc2)c2c3ccccc3cc3c2c2cccc4c5c(N(c6ccccc6)c6cccc(C)c6)c6ccccc6cc5n3c42)C1. The predicted molar refractivity (Wildman–Crippen MR) is 235 cm³/mol. The van der Waals surface area contributed by atoms with Gasteiger partial charge in [-0.1, -0.05) is 139 Å². The van der Waals surface area contributed by atoms with Gasteiger partial charge in [0.05, 0.1) is 34.0 Å². The molecule has 10 aromatic rings. The van der Waals surface area contributed by atoms with Crippen molar-refractivity contribution >= 4 is 88.1 Å². The highest BCUT2D eigenvalue weighted by Gasteiger charge is 2.30. The van der Waals surface area contributed by atoms with Crippen LogP contribution < -0.4 is 9.80 Å². The van der Waals surface area contributed by atoms with Crippen molar-refractivity contribution in [1.82, 2.24) is 4.40 Å². The third-order valence-electron chi connectivity index (χ3n) is 11.6. The molecule has 0 saturated carbocycles. The van der Waals surface area contributed by atoms with Crippen LogP contribution in [0.1, 0.15) is 18.9 Å². The molecule has 2 aromatic heterocycles. The Morgan fingerprint density at radius 2 is 1.05 bits per heavy atom. The van der Waals surface area contributed by atoms with E-state index in [0.717, 1.165) is 17.8 Å². The largest absolute Gasteiger partial charge is 0.333 e. The number of benzene rings is 8. The van der Waals surface area contributed by atoms with E-state index in [0.29, 0.717) is 0 Å². The van der Waals surface area contributed by atoms with Crippen LogP contribution in [0.4, 0.5) is 28.4 Å². The molecule has 3 heteroatoms. The Balaban J connectivity index is 1.32. The van der Waals surface area contributed by atoms with E-state index in [-0.39, 0.29) is 6.04 Å². The number of fused-ring (bicyclic) bond motifs is 8. The minimum Gasteiger partial charge on any atom is -0.333 e. The van der Waals surface area contributed by atoms with Crippen LogP contribution >= 0.6 is 0 Å². The van der Waals surface area contributed by atoms with E-state index >= 15 is 0 Å². The van der Waals surface area contributed by atoms with Crippen molar-refractivity contribution in [2.75, 3.05) is 9.80 Å². The summed E-state index contributed by atoms with van der Waals surface area (Å²) in [5.41, 5.74) is 12.3. The Morgan fingerprint density at radius 1 is 0.509 bits per heavy atom. The number of aryl methyl sites for hydroxylation is 1. The van der Waals surface area contributed by atoms with Crippen molar-refractivity contribution in [3.8, 4) is 0 Å². The molecule has 0 N–H and O–H groups in total. The fourth-order valence-electron chi connectivity index (χ4n) is 9.37. The van der Waals surface area contributed by atoms with Crippen LogP contribution in [-0.2, 0) is 0 Å². The Bertz CT molecular complexity index is 3150. The van der Waals surface area contributed by atoms with E-state index in [1.54, 1.807) is 0 Å². The van der Waals surface area contributed by atoms with Crippen LogP contribution in [0.5, 0.6) is 0 Å². The summed E-state index contributed by atoms with van der Waals surface area (Å²) in [5.74, 6) is 0. The molecule has 0 bridgehead atoms. The third kappa shape index (κ3) is 4.83. The van der Waals surface area contributed by atoms with Crippen molar-refractivity contribution in [3.05, 3.63) is 193 Å². The molecule has 1 unspecified atom stereocenters. The van der Waals surface area contributed by atoms with Gasteiger partial charge in [-0.05, 0) is 85.1 Å². The van der Waals surface area contributed by atoms with Crippen molar-refractivity contribution < 1.29 is 0 Å². The summed E-state index contributed by atoms with van der Waals surface area (Å²) in [4.78, 5) is 5.09. The van der Waals surface area contributed by atoms with Crippen molar-refractivity contribution in [1.29, 1.82) is 0 Å². The summed E-state index contributed by atoms with van der Waals surface area (Å²) in [6.07, 6.45) is 7.83. The fourth-order valence-corrected chi connectivity index (χ4v) is 9.37. The number of nitrogens with zero attached hydrogens (tertiary/aromatic N) is 3. The first-order valence-corrected chi connectivity index (χ1v) is 19.3. The average molecular weight is 706 g/mol. The summed E-state index contributed by atoms with van der Waals surface area (Å²) >= 11 is 0. The first-order valence-electron chi connectivity index (χ1n) is 19.3. The van der Waals surface area contributed by atoms with Crippen LogP contribution in [0.25, 0.3) is 59.6 Å². The van der Waals surface area contributed by atoms with Crippen LogP contribution in [0, 0.1) is 6.92 Å². The van der Waals surface area contributed by atoms with E-state index in [1.807, 2.05) is 0 Å². The molecule has 1 atom stereocenters. The number of allylic oxidation sites excluding steroid dienone is 2. The molecule has 11 rings (SSSR count). The molecule has 0 amide bonds. The molecule has 262 valence electrons. The van der Waals surface area contributed by atoms with E-state index in [2.05, 4.69) is 210 Å². The van der Waals surface area contributed by atoms with Gasteiger partial charge in [-0.15, -0.1) is 0 Å². The number of para-hydroxylation sites is 3. The topological polar surface area (TPSA) is 10.9 Å². The summed E-state index contributed by atoms with van der Waals surface area (Å²) < 4.78 is 2.58. The lowest BCUT2D eigenvalue weighted by molar-refractivity contribution is 0.761. The lowest BCUT2D eigenvalue weighted by atomic mass is 9.95. The maximum absolute atomic E-state index is 2.61. The molecule has 0 spiro atoms. The highest BCUT2D eigenvalue weighted by Crippen LogP contribution is 2.52. The normalized spacial score (nSPS) is 14.5. The van der Waals surface area contributed by atoms with Gasteiger partial charge in [0.2, 0.25) is 0 Å². The second-order valence-electron chi connectivity index (χ2n) is 15.1. The second kappa shape index (κ2) is 12.4. The maximum atomic E-state index is 2.61. The molecule has 55 heavy (non-hydrogen) atoms. The van der Waals surface area contributed by atoms with E-state index in [9.17, 15) is 0 Å². The molecule has 0 aliphatic heterocycles. The molecular formula is C52H39N3. The van der Waals surface area contributed by atoms with Crippen molar-refractivity contribution in [2.24, 2.45) is 0 Å². The zero-order chi connectivity index (χ0) is 36.6. The molecule has 1 aliphatic rings. The minimum atomic E-state index is 0.169. The van der Waals surface area contributed by atoms with Gasteiger partial charge in [0.15, 0.2) is 0 Å². The summed E-state index contributed by atoms with van der Waals surface area (Å²) in [7, 11) is 0. The Kier molecular flexibility index (Phi) is 7.12. The fraction of sp³-hybridized carbons (Fsp3) is 0.0769. The zero-order valence-electron chi connectivity index (χ0n) is 30.9. The lowest BCUT2D eigenvalue weighted by Gasteiger charge is -2.35. The second-order valence-corrected chi connectivity index (χ2v) is 15.1. The monoisotopic (exact) mass is 705 g/mol. The molecule has 3 nitrogen and oxygen atoms in total. The Hall–Kier alpha value is -6.84. The van der Waals surface area contributed by atoms with Gasteiger partial charge in [0, 0.05) is 49.4 Å². The first-order chi connectivity index (χ1) is 27.1. The molecular weight excluding hydrogens is 667 g/mol. The van der Waals surface area contributed by atoms with Gasteiger partial charge in [-0.2, -0.15) is 0 Å². The van der Waals surface area contributed by atoms with Crippen LogP contribution in [0.2, 0.25) is 0 Å². The third-order valence-corrected chi connectivity index (χ3v) is 11.6. The van der Waals surface area contributed by atoms with Gasteiger partial charge < -0.3 is 14.2 Å². The summed E-state index contributed by atoms with van der Waals surface area (Å²) in [6, 6.07) is 60.6. The number of aromatic nitrogens is 1. The summed E-state index contributed by atoms with van der Waals surface area (Å²) in [6.45, 7) is 4.43. The predicted octanol–water partition coefficient (Wildman–Crippen LogP) is 14.3. The smallest absolute Gasteiger partial charge is 0.0640 e. The van der Waals surface area contributed by atoms with Gasteiger partial charge in [-0.25, -0.2) is 0 Å². The first kappa shape index (κ1) is 31.7. The highest BCUT2D eigenvalue weighted by atomic mass is 15.2. The lowest BCUT2D eigenvalue weighted by Crippen LogP contribution is -2.31. The van der Waals surface area contributed by atoms with E-state index in [1.165, 1.54) is 87.8 Å². The standard InChI is InChI=1S/C52H39N3/c1-34-16-13-24-40(30-34)53(38-20-5-3-6-21-38)51-42-26-11-9-18-36(42)32-46-48(51)44-28-15-29-45-49-47(55(46)50(44)45)33-37-19-10-12-27-43(37)52(49)54(39-22-7-4-8-23-39)41-25-14-17-35(2)31-41/h3-30,32-33,41H,31H2,1-2H3. The number of anilines is 5. The van der Waals surface area contributed by atoms with Gasteiger partial charge in [0.25, 0.3) is 0 Å². The number of hydrogen-bond donors (Lipinski definition) is 0. The number of hydrogen-bond acceptors (Lipinski definition) is 2. The Labute approximate surface area is 320 Å². The quantitative estimate of drug-likeness (QED) is 0.171. The molecule has 0 fully saturated rings. The Morgan fingerprint density at radius 3 is 1.71 bits per heavy atom. The number of rotatable bonds is 6. The van der Waals surface area contributed by atoms with Gasteiger partial charge in [0.1, 0.15) is 0 Å². The van der Waals surface area contributed by atoms with E-state index < -0.39 is 0 Å². The van der Waals surface area contributed by atoms with Crippen molar-refractivity contribution in [2.45, 2.75) is 26.3 Å². The highest BCUT2D eigenvalue weighted by molar-refractivity contribution is 6.33.